The van der Waals surface area contributed by atoms with E-state index in [0.29, 0.717) is 10.5 Å². The second-order valence-electron chi connectivity index (χ2n) is 9.24. The zero-order valence-corrected chi connectivity index (χ0v) is 19.5. The van der Waals surface area contributed by atoms with Gasteiger partial charge in [-0.15, -0.1) is 0 Å². The number of nitrogens with zero attached hydrogens (tertiary/aromatic N) is 6. The molecule has 1 spiro atoms. The SMILES string of the molecule is Cc1nc(N2CCC3(CC2)CO[C@@H](C)[C@H]3N)n2ccnc2c1-c1ccc2nccnc2c1Cl. The number of nitrogens with two attached hydrogens (primary N) is 1. The first kappa shape index (κ1) is 20.8. The molecule has 0 bridgehead atoms. The highest BCUT2D eigenvalue weighted by molar-refractivity contribution is 6.38. The summed E-state index contributed by atoms with van der Waals surface area (Å²) in [4.78, 5) is 20.8. The van der Waals surface area contributed by atoms with E-state index in [0.717, 1.165) is 66.5 Å². The van der Waals surface area contributed by atoms with Gasteiger partial charge in [0.05, 0.1) is 28.9 Å². The molecule has 3 aromatic heterocycles. The van der Waals surface area contributed by atoms with Gasteiger partial charge < -0.3 is 15.4 Å². The van der Waals surface area contributed by atoms with E-state index in [2.05, 4.69) is 31.2 Å². The fraction of sp³-hybridized carbons (Fsp3) is 0.417. The van der Waals surface area contributed by atoms with E-state index in [-0.39, 0.29) is 17.6 Å². The Balaban J connectivity index is 1.40. The first-order valence-corrected chi connectivity index (χ1v) is 11.7. The van der Waals surface area contributed by atoms with Crippen molar-refractivity contribution in [3.8, 4) is 11.1 Å². The minimum atomic E-state index is 0.0681. The molecule has 2 aliphatic heterocycles. The monoisotopic (exact) mass is 463 g/mol. The number of fused-ring (bicyclic) bond motifs is 2. The van der Waals surface area contributed by atoms with Crippen LogP contribution in [0.3, 0.4) is 0 Å². The Hall–Kier alpha value is -2.81. The summed E-state index contributed by atoms with van der Waals surface area (Å²) in [5, 5.41) is 0.562. The van der Waals surface area contributed by atoms with Gasteiger partial charge in [-0.2, -0.15) is 0 Å². The molecule has 0 unspecified atom stereocenters. The van der Waals surface area contributed by atoms with Crippen LogP contribution in [0.1, 0.15) is 25.5 Å². The highest BCUT2D eigenvalue weighted by Gasteiger charge is 2.47. The molecule has 9 heteroatoms. The lowest BCUT2D eigenvalue weighted by Crippen LogP contribution is -2.51. The smallest absolute Gasteiger partial charge is 0.211 e. The Bertz CT molecular complexity index is 1360. The number of ether oxygens (including phenoxy) is 1. The number of aryl methyl sites for hydroxylation is 1. The van der Waals surface area contributed by atoms with Gasteiger partial charge in [0.2, 0.25) is 5.95 Å². The molecule has 5 heterocycles. The predicted molar refractivity (Wildman–Crippen MR) is 129 cm³/mol. The maximum atomic E-state index is 6.80. The molecule has 2 aliphatic rings. The van der Waals surface area contributed by atoms with Gasteiger partial charge in [0.15, 0.2) is 0 Å². The summed E-state index contributed by atoms with van der Waals surface area (Å²) in [6.07, 6.45) is 9.20. The molecule has 0 saturated carbocycles. The van der Waals surface area contributed by atoms with Crippen LogP contribution in [0, 0.1) is 12.3 Å². The van der Waals surface area contributed by atoms with Gasteiger partial charge in [0.1, 0.15) is 11.2 Å². The number of piperidine rings is 1. The first-order valence-electron chi connectivity index (χ1n) is 11.3. The summed E-state index contributed by atoms with van der Waals surface area (Å²) in [6.45, 7) is 6.61. The molecule has 33 heavy (non-hydrogen) atoms. The van der Waals surface area contributed by atoms with Crippen molar-refractivity contribution < 1.29 is 4.74 Å². The van der Waals surface area contributed by atoms with E-state index in [4.69, 9.17) is 27.1 Å². The summed E-state index contributed by atoms with van der Waals surface area (Å²) >= 11 is 6.80. The second-order valence-corrected chi connectivity index (χ2v) is 9.61. The predicted octanol–water partition coefficient (Wildman–Crippen LogP) is 3.63. The molecular formula is C24H26ClN7O. The van der Waals surface area contributed by atoms with Crippen molar-refractivity contribution in [2.75, 3.05) is 24.6 Å². The summed E-state index contributed by atoms with van der Waals surface area (Å²) in [5.74, 6) is 0.899. The van der Waals surface area contributed by atoms with Crippen LogP contribution in [0.15, 0.2) is 36.9 Å². The lowest BCUT2D eigenvalue weighted by Gasteiger charge is -2.41. The van der Waals surface area contributed by atoms with Crippen molar-refractivity contribution in [1.82, 2.24) is 24.3 Å². The van der Waals surface area contributed by atoms with E-state index < -0.39 is 0 Å². The fourth-order valence-corrected chi connectivity index (χ4v) is 5.73. The highest BCUT2D eigenvalue weighted by atomic mass is 35.5. The molecule has 0 radical (unpaired) electrons. The number of anilines is 1. The van der Waals surface area contributed by atoms with Crippen LogP contribution >= 0.6 is 11.6 Å². The van der Waals surface area contributed by atoms with Crippen LogP contribution in [0.5, 0.6) is 0 Å². The third-order valence-corrected chi connectivity index (χ3v) is 7.83. The van der Waals surface area contributed by atoms with E-state index >= 15 is 0 Å². The molecule has 4 aromatic rings. The third-order valence-electron chi connectivity index (χ3n) is 7.45. The van der Waals surface area contributed by atoms with Crippen molar-refractivity contribution in [2.24, 2.45) is 11.1 Å². The van der Waals surface area contributed by atoms with Crippen LogP contribution in [0.25, 0.3) is 27.8 Å². The summed E-state index contributed by atoms with van der Waals surface area (Å²) in [6, 6.07) is 4.00. The number of halogens is 1. The van der Waals surface area contributed by atoms with Gasteiger partial charge in [-0.05, 0) is 32.8 Å². The van der Waals surface area contributed by atoms with Gasteiger partial charge in [-0.3, -0.25) is 14.4 Å². The summed E-state index contributed by atoms with van der Waals surface area (Å²) < 4.78 is 7.95. The summed E-state index contributed by atoms with van der Waals surface area (Å²) in [5.41, 5.74) is 11.5. The third kappa shape index (κ3) is 3.12. The number of hydrogen-bond acceptors (Lipinski definition) is 7. The van der Waals surface area contributed by atoms with Crippen LogP contribution in [-0.2, 0) is 4.74 Å². The Morgan fingerprint density at radius 3 is 2.67 bits per heavy atom. The standard InChI is InChI=1S/C24H26ClN7O/c1-14-18(16-3-4-17-20(19(16)25)28-8-7-27-17)22-29-9-12-32(22)23(30-14)31-10-5-24(6-11-31)13-33-15(2)21(24)26/h3-4,7-9,12,15,21H,5-6,10-11,13,26H2,1-2H3/t15-,21+/m0/s1. The Morgan fingerprint density at radius 2 is 1.91 bits per heavy atom. The molecule has 1 aromatic carbocycles. The van der Waals surface area contributed by atoms with Gasteiger partial charge >= 0.3 is 0 Å². The molecule has 2 N–H and O–H groups in total. The zero-order valence-electron chi connectivity index (χ0n) is 18.7. The molecule has 2 fully saturated rings. The number of imidazole rings is 1. The molecule has 2 atom stereocenters. The normalized spacial score (nSPS) is 22.6. The quantitative estimate of drug-likeness (QED) is 0.485. The van der Waals surface area contributed by atoms with Gasteiger partial charge in [0, 0.05) is 60.5 Å². The maximum Gasteiger partial charge on any atom is 0.211 e. The molecule has 6 rings (SSSR count). The van der Waals surface area contributed by atoms with Crippen LogP contribution in [0.4, 0.5) is 5.95 Å². The van der Waals surface area contributed by atoms with Crippen molar-refractivity contribution in [1.29, 1.82) is 0 Å². The number of aromatic nitrogens is 5. The van der Waals surface area contributed by atoms with Gasteiger partial charge in [-0.1, -0.05) is 17.7 Å². The van der Waals surface area contributed by atoms with Crippen LogP contribution in [0.2, 0.25) is 5.02 Å². The Labute approximate surface area is 196 Å². The van der Waals surface area contributed by atoms with Crippen molar-refractivity contribution in [2.45, 2.75) is 38.8 Å². The molecule has 2 saturated heterocycles. The topological polar surface area (TPSA) is 94.5 Å². The maximum absolute atomic E-state index is 6.80. The highest BCUT2D eigenvalue weighted by Crippen LogP contribution is 2.42. The first-order chi connectivity index (χ1) is 16.0. The lowest BCUT2D eigenvalue weighted by molar-refractivity contribution is 0.0973. The average molecular weight is 464 g/mol. The Kier molecular flexibility index (Phi) is 4.79. The molecule has 8 nitrogen and oxygen atoms in total. The zero-order chi connectivity index (χ0) is 22.7. The van der Waals surface area contributed by atoms with E-state index in [1.165, 1.54) is 0 Å². The number of hydrogen-bond donors (Lipinski definition) is 1. The molecular weight excluding hydrogens is 438 g/mol. The van der Waals surface area contributed by atoms with Gasteiger partial charge in [0.25, 0.3) is 0 Å². The van der Waals surface area contributed by atoms with E-state index in [1.54, 1.807) is 12.4 Å². The van der Waals surface area contributed by atoms with Crippen molar-refractivity contribution in [3.05, 3.63) is 47.6 Å². The van der Waals surface area contributed by atoms with E-state index in [1.807, 2.05) is 31.5 Å². The van der Waals surface area contributed by atoms with Crippen LogP contribution in [-0.4, -0.2) is 56.2 Å². The average Bonchev–Trinajstić information content (AvgIpc) is 3.42. The molecule has 170 valence electrons. The second kappa shape index (κ2) is 7.62. The number of benzene rings is 1. The molecule has 0 aliphatic carbocycles. The summed E-state index contributed by atoms with van der Waals surface area (Å²) in [7, 11) is 0. The fourth-order valence-electron chi connectivity index (χ4n) is 5.43. The lowest BCUT2D eigenvalue weighted by atomic mass is 9.73. The van der Waals surface area contributed by atoms with Crippen molar-refractivity contribution >= 4 is 34.2 Å². The van der Waals surface area contributed by atoms with Crippen molar-refractivity contribution in [3.63, 3.8) is 0 Å². The minimum absolute atomic E-state index is 0.0681. The minimum Gasteiger partial charge on any atom is -0.376 e. The van der Waals surface area contributed by atoms with E-state index in [9.17, 15) is 0 Å². The Morgan fingerprint density at radius 1 is 1.12 bits per heavy atom. The number of rotatable bonds is 2. The van der Waals surface area contributed by atoms with Gasteiger partial charge in [-0.25, -0.2) is 9.97 Å². The molecule has 0 amide bonds. The largest absolute Gasteiger partial charge is 0.376 e. The van der Waals surface area contributed by atoms with Crippen LogP contribution < -0.4 is 10.6 Å².